The first-order chi connectivity index (χ1) is 15.1. The number of nitrogens with zero attached hydrogens (tertiary/aromatic N) is 1. The van der Waals surface area contributed by atoms with Crippen LogP contribution in [0.15, 0.2) is 18.2 Å². The number of amides is 4. The summed E-state index contributed by atoms with van der Waals surface area (Å²) in [7, 11) is 0. The molecule has 1 aliphatic carbocycles. The molecular formula is C22H32Cl2N4O4. The maximum Gasteiger partial charge on any atom is 0.319 e. The van der Waals surface area contributed by atoms with Gasteiger partial charge in [-0.25, -0.2) is 10.3 Å². The molecule has 8 nitrogen and oxygen atoms in total. The Morgan fingerprint density at radius 2 is 1.88 bits per heavy atom. The van der Waals surface area contributed by atoms with Gasteiger partial charge >= 0.3 is 6.03 Å². The van der Waals surface area contributed by atoms with Crippen LogP contribution in [-0.4, -0.2) is 47.6 Å². The van der Waals surface area contributed by atoms with Crippen LogP contribution in [0.5, 0.6) is 0 Å². The Kier molecular flexibility index (Phi) is 10.1. The van der Waals surface area contributed by atoms with Crippen molar-refractivity contribution in [1.29, 1.82) is 0 Å². The van der Waals surface area contributed by atoms with Gasteiger partial charge in [0.2, 0.25) is 5.91 Å². The zero-order chi connectivity index (χ0) is 23.7. The van der Waals surface area contributed by atoms with Crippen LogP contribution in [0.25, 0.3) is 0 Å². The fourth-order valence-electron chi connectivity index (χ4n) is 3.80. The van der Waals surface area contributed by atoms with E-state index >= 15 is 0 Å². The highest BCUT2D eigenvalue weighted by Crippen LogP contribution is 2.28. The molecule has 0 heterocycles. The second-order valence-electron chi connectivity index (χ2n) is 9.06. The average molecular weight is 487 g/mol. The van der Waals surface area contributed by atoms with Crippen molar-refractivity contribution in [2.75, 3.05) is 25.0 Å². The van der Waals surface area contributed by atoms with Crippen LogP contribution >= 0.6 is 23.2 Å². The average Bonchev–Trinajstić information content (AvgIpc) is 3.25. The highest BCUT2D eigenvalue weighted by molar-refractivity contribution is 6.35. The first-order valence-electron chi connectivity index (χ1n) is 10.8. The third-order valence-corrected chi connectivity index (χ3v) is 6.19. The lowest BCUT2D eigenvalue weighted by molar-refractivity contribution is -0.140. The molecule has 1 fully saturated rings. The second-order valence-corrected chi connectivity index (χ2v) is 9.91. The van der Waals surface area contributed by atoms with Crippen molar-refractivity contribution in [3.8, 4) is 0 Å². The summed E-state index contributed by atoms with van der Waals surface area (Å²) in [5.74, 6) is -0.255. The van der Waals surface area contributed by atoms with Crippen molar-refractivity contribution in [1.82, 2.24) is 15.7 Å². The van der Waals surface area contributed by atoms with Crippen molar-refractivity contribution in [2.24, 2.45) is 11.3 Å². The molecule has 10 heteroatoms. The first-order valence-corrected chi connectivity index (χ1v) is 11.6. The zero-order valence-corrected chi connectivity index (χ0v) is 20.1. The van der Waals surface area contributed by atoms with E-state index in [1.807, 2.05) is 13.8 Å². The minimum atomic E-state index is -0.626. The van der Waals surface area contributed by atoms with Crippen LogP contribution in [0.4, 0.5) is 10.5 Å². The summed E-state index contributed by atoms with van der Waals surface area (Å²) in [5, 5.41) is 15.1. The number of hydroxylamine groups is 1. The van der Waals surface area contributed by atoms with Gasteiger partial charge in [-0.15, -0.1) is 0 Å². The van der Waals surface area contributed by atoms with Gasteiger partial charge in [-0.05, 0) is 36.0 Å². The van der Waals surface area contributed by atoms with Gasteiger partial charge in [0.05, 0.1) is 10.7 Å². The maximum atomic E-state index is 12.9. The van der Waals surface area contributed by atoms with Crippen molar-refractivity contribution >= 4 is 46.7 Å². The van der Waals surface area contributed by atoms with Crippen LogP contribution in [0, 0.1) is 11.3 Å². The predicted molar refractivity (Wildman–Crippen MR) is 125 cm³/mol. The smallest absolute Gasteiger partial charge is 0.319 e. The molecular weight excluding hydrogens is 455 g/mol. The van der Waals surface area contributed by atoms with Gasteiger partial charge < -0.3 is 15.5 Å². The number of hydrogen-bond acceptors (Lipinski definition) is 4. The summed E-state index contributed by atoms with van der Waals surface area (Å²) in [4.78, 5) is 38.4. The normalized spacial score (nSPS) is 14.2. The van der Waals surface area contributed by atoms with E-state index in [1.165, 1.54) is 17.7 Å². The highest BCUT2D eigenvalue weighted by atomic mass is 35.5. The van der Waals surface area contributed by atoms with Crippen LogP contribution < -0.4 is 16.1 Å². The molecule has 4 amide bonds. The Labute approximate surface area is 199 Å². The SMILES string of the molecule is CC(C)(CNC(=O)Nc1cc(Cl)ccc1Cl)CC(=O)N(CCC1CCCC1)CC(=O)NO. The van der Waals surface area contributed by atoms with Crippen LogP contribution in [0.3, 0.4) is 0 Å². The van der Waals surface area contributed by atoms with Crippen LogP contribution in [0.2, 0.25) is 10.0 Å². The number of benzene rings is 1. The summed E-state index contributed by atoms with van der Waals surface area (Å²) in [6.07, 6.45) is 5.68. The number of anilines is 1. The summed E-state index contributed by atoms with van der Waals surface area (Å²) in [5.41, 5.74) is 1.42. The fraction of sp³-hybridized carbons (Fsp3) is 0.591. The molecule has 32 heavy (non-hydrogen) atoms. The van der Waals surface area contributed by atoms with Gasteiger partial charge in [0.15, 0.2) is 0 Å². The van der Waals surface area contributed by atoms with Gasteiger partial charge in [-0.2, -0.15) is 0 Å². The Balaban J connectivity index is 1.89. The van der Waals surface area contributed by atoms with E-state index in [-0.39, 0.29) is 25.4 Å². The number of carbonyl (C=O) groups is 3. The molecule has 0 aliphatic heterocycles. The molecule has 0 unspecified atom stereocenters. The largest absolute Gasteiger partial charge is 0.337 e. The highest BCUT2D eigenvalue weighted by Gasteiger charge is 2.28. The van der Waals surface area contributed by atoms with Gasteiger partial charge in [0, 0.05) is 24.5 Å². The molecule has 1 aromatic carbocycles. The Morgan fingerprint density at radius 1 is 1.19 bits per heavy atom. The van der Waals surface area contributed by atoms with E-state index in [9.17, 15) is 14.4 Å². The summed E-state index contributed by atoms with van der Waals surface area (Å²) in [6.45, 7) is 4.22. The monoisotopic (exact) mass is 486 g/mol. The first kappa shape index (κ1) is 26.2. The molecule has 1 aliphatic rings. The molecule has 178 valence electrons. The van der Waals surface area contributed by atoms with Crippen molar-refractivity contribution in [2.45, 2.75) is 52.4 Å². The van der Waals surface area contributed by atoms with Gasteiger partial charge in [0.1, 0.15) is 6.54 Å². The number of urea groups is 1. The van der Waals surface area contributed by atoms with Crippen molar-refractivity contribution < 1.29 is 19.6 Å². The zero-order valence-electron chi connectivity index (χ0n) is 18.5. The topological polar surface area (TPSA) is 111 Å². The number of rotatable bonds is 10. The summed E-state index contributed by atoms with van der Waals surface area (Å²) >= 11 is 12.0. The number of hydrogen-bond donors (Lipinski definition) is 4. The predicted octanol–water partition coefficient (Wildman–Crippen LogP) is 4.45. The minimum absolute atomic E-state index is 0.134. The van der Waals surface area contributed by atoms with E-state index in [4.69, 9.17) is 28.4 Å². The molecule has 0 bridgehead atoms. The molecule has 0 spiro atoms. The Morgan fingerprint density at radius 3 is 2.53 bits per heavy atom. The lowest BCUT2D eigenvalue weighted by Gasteiger charge is -2.29. The standard InChI is InChI=1S/C22H32Cl2N4O4/c1-22(2,14-25-21(31)26-18-11-16(23)7-8-17(18)24)12-20(30)28(13-19(29)27-32)10-9-15-5-3-4-6-15/h7-8,11,15,32H,3-6,9-10,12-14H2,1-2H3,(H,27,29)(H2,25,26,31). The van der Waals surface area contributed by atoms with E-state index in [2.05, 4.69) is 10.6 Å². The third kappa shape index (κ3) is 8.84. The molecule has 1 saturated carbocycles. The quantitative estimate of drug-likeness (QED) is 0.289. The van der Waals surface area contributed by atoms with Gasteiger partial charge in [-0.3, -0.25) is 14.8 Å². The Bertz CT molecular complexity index is 813. The van der Waals surface area contributed by atoms with Crippen LogP contribution in [-0.2, 0) is 9.59 Å². The number of carbonyl (C=O) groups excluding carboxylic acids is 3. The molecule has 0 saturated heterocycles. The lowest BCUT2D eigenvalue weighted by atomic mass is 9.88. The van der Waals surface area contributed by atoms with Gasteiger partial charge in [-0.1, -0.05) is 62.7 Å². The van der Waals surface area contributed by atoms with Crippen molar-refractivity contribution in [3.05, 3.63) is 28.2 Å². The number of nitrogens with one attached hydrogen (secondary N) is 3. The number of halogens is 2. The molecule has 2 rings (SSSR count). The molecule has 4 N–H and O–H groups in total. The lowest BCUT2D eigenvalue weighted by Crippen LogP contribution is -2.44. The molecule has 1 aromatic rings. The summed E-state index contributed by atoms with van der Waals surface area (Å²) < 4.78 is 0. The fourth-order valence-corrected chi connectivity index (χ4v) is 4.14. The van der Waals surface area contributed by atoms with Crippen LogP contribution in [0.1, 0.15) is 52.4 Å². The molecule has 0 atom stereocenters. The van der Waals surface area contributed by atoms with E-state index < -0.39 is 17.4 Å². The second kappa shape index (κ2) is 12.3. The summed E-state index contributed by atoms with van der Waals surface area (Å²) in [6, 6.07) is 4.29. The maximum absolute atomic E-state index is 12.9. The van der Waals surface area contributed by atoms with E-state index in [0.29, 0.717) is 28.2 Å². The van der Waals surface area contributed by atoms with Crippen molar-refractivity contribution in [3.63, 3.8) is 0 Å². The molecule has 0 radical (unpaired) electrons. The van der Waals surface area contributed by atoms with E-state index in [0.717, 1.165) is 19.3 Å². The molecule has 0 aromatic heterocycles. The van der Waals surface area contributed by atoms with E-state index in [1.54, 1.807) is 23.7 Å². The third-order valence-electron chi connectivity index (χ3n) is 5.63. The van der Waals surface area contributed by atoms with Gasteiger partial charge in [0.25, 0.3) is 5.91 Å². The Hall–Kier alpha value is -2.03. The minimum Gasteiger partial charge on any atom is -0.337 e.